The number of aliphatic hydroxyl groups is 1. The highest BCUT2D eigenvalue weighted by atomic mass is 32.1. The summed E-state index contributed by atoms with van der Waals surface area (Å²) in [5.74, 6) is -0.633. The lowest BCUT2D eigenvalue weighted by Crippen LogP contribution is -2.32. The van der Waals surface area contributed by atoms with Crippen molar-refractivity contribution in [3.05, 3.63) is 42.6 Å². The maximum Gasteiger partial charge on any atom is 0.408 e. The van der Waals surface area contributed by atoms with Crippen molar-refractivity contribution in [2.45, 2.75) is 45.1 Å². The van der Waals surface area contributed by atoms with E-state index in [0.29, 0.717) is 5.01 Å². The lowest BCUT2D eigenvalue weighted by atomic mass is 10.1. The zero-order valence-electron chi connectivity index (χ0n) is 16.1. The molecule has 29 heavy (non-hydrogen) atoms. The van der Waals surface area contributed by atoms with Gasteiger partial charge in [-0.25, -0.2) is 19.6 Å². The second-order valence-electron chi connectivity index (χ2n) is 6.68. The van der Waals surface area contributed by atoms with E-state index in [2.05, 4.69) is 30.0 Å². The Labute approximate surface area is 174 Å². The minimum Gasteiger partial charge on any atom is -0.464 e. The van der Waals surface area contributed by atoms with E-state index in [0.717, 1.165) is 11.3 Å². The smallest absolute Gasteiger partial charge is 0.408 e. The topological polar surface area (TPSA) is 159 Å². The maximum absolute atomic E-state index is 11.7. The second kappa shape index (κ2) is 9.65. The molecular formula is C16H20N6O5S2. The first-order valence-electron chi connectivity index (χ1n) is 8.31. The highest BCUT2D eigenvalue weighted by Gasteiger charge is 2.28. The Morgan fingerprint density at radius 3 is 2.69 bits per heavy atom. The van der Waals surface area contributed by atoms with Crippen LogP contribution < -0.4 is 5.32 Å². The van der Waals surface area contributed by atoms with Gasteiger partial charge in [-0.05, 0) is 26.3 Å². The van der Waals surface area contributed by atoms with E-state index in [1.54, 1.807) is 26.2 Å². The van der Waals surface area contributed by atoms with Gasteiger partial charge in [0, 0.05) is 15.7 Å². The molecule has 1 amide bonds. The number of amides is 1. The summed E-state index contributed by atoms with van der Waals surface area (Å²) in [5.41, 5.74) is 8.54. The first-order chi connectivity index (χ1) is 13.6. The molecule has 2 aromatic heterocycles. The second-order valence-corrected chi connectivity index (χ2v) is 8.51. The summed E-state index contributed by atoms with van der Waals surface area (Å²) >= 11 is 2.27. The van der Waals surface area contributed by atoms with Crippen molar-refractivity contribution < 1.29 is 24.2 Å². The minimum atomic E-state index is -1.28. The third-order valence-electron chi connectivity index (χ3n) is 3.30. The number of thiazole rings is 2. The Morgan fingerprint density at radius 1 is 1.34 bits per heavy atom. The minimum absolute atomic E-state index is 0.0540. The molecule has 0 bridgehead atoms. The molecule has 0 fully saturated rings. The van der Waals surface area contributed by atoms with Gasteiger partial charge in [0.1, 0.15) is 27.8 Å². The highest BCUT2D eigenvalue weighted by molar-refractivity contribution is 7.10. The van der Waals surface area contributed by atoms with E-state index >= 15 is 0 Å². The van der Waals surface area contributed by atoms with Gasteiger partial charge in [-0.2, -0.15) is 0 Å². The van der Waals surface area contributed by atoms with E-state index in [4.69, 9.17) is 10.3 Å². The lowest BCUT2D eigenvalue weighted by Gasteiger charge is -2.19. The van der Waals surface area contributed by atoms with Crippen molar-refractivity contribution in [1.29, 1.82) is 0 Å². The van der Waals surface area contributed by atoms with Crippen molar-refractivity contribution in [2.24, 2.45) is 5.11 Å². The van der Waals surface area contributed by atoms with Gasteiger partial charge in [0.05, 0.1) is 19.3 Å². The molecule has 0 saturated carbocycles. The Bertz CT molecular complexity index is 915. The molecule has 2 N–H and O–H groups in total. The number of rotatable bonds is 7. The summed E-state index contributed by atoms with van der Waals surface area (Å²) in [5, 5.41) is 20.6. The number of azide groups is 1. The zero-order valence-corrected chi connectivity index (χ0v) is 17.8. The average Bonchev–Trinajstić information content (AvgIpc) is 3.31. The van der Waals surface area contributed by atoms with Crippen molar-refractivity contribution in [3.8, 4) is 0 Å². The normalized spacial score (nSPS) is 13.1. The molecule has 0 aromatic carbocycles. The van der Waals surface area contributed by atoms with Crippen LogP contribution in [-0.2, 0) is 16.0 Å². The third-order valence-corrected chi connectivity index (χ3v) is 5.08. The number of aromatic nitrogens is 2. The summed E-state index contributed by atoms with van der Waals surface area (Å²) in [6, 6.07) is -1.07. The maximum atomic E-state index is 11.7. The number of carbonyl (C=O) groups is 2. The fourth-order valence-electron chi connectivity index (χ4n) is 2.09. The van der Waals surface area contributed by atoms with Crippen molar-refractivity contribution in [3.63, 3.8) is 0 Å². The number of methoxy groups -OCH3 is 1. The zero-order chi connectivity index (χ0) is 21.6. The average molecular weight is 441 g/mol. The van der Waals surface area contributed by atoms with Crippen LogP contribution in [0.15, 0.2) is 15.9 Å². The lowest BCUT2D eigenvalue weighted by molar-refractivity contribution is 0.0522. The fourth-order valence-corrected chi connectivity index (χ4v) is 3.70. The van der Waals surface area contributed by atoms with E-state index in [1.807, 2.05) is 0 Å². The Kier molecular flexibility index (Phi) is 7.51. The van der Waals surface area contributed by atoms with Crippen LogP contribution in [0.3, 0.4) is 0 Å². The van der Waals surface area contributed by atoms with Crippen LogP contribution in [0.1, 0.15) is 59.1 Å². The molecule has 0 saturated heterocycles. The number of hydrogen-bond acceptors (Lipinski definition) is 10. The molecule has 0 aliphatic heterocycles. The van der Waals surface area contributed by atoms with Crippen LogP contribution in [0, 0.1) is 0 Å². The van der Waals surface area contributed by atoms with E-state index in [9.17, 15) is 14.7 Å². The number of carbonyl (C=O) groups excluding carboxylic acids is 2. The molecule has 2 atom stereocenters. The summed E-state index contributed by atoms with van der Waals surface area (Å²) in [7, 11) is 1.23. The summed E-state index contributed by atoms with van der Waals surface area (Å²) in [6.07, 6.45) is -1.87. The van der Waals surface area contributed by atoms with Crippen molar-refractivity contribution >= 4 is 34.7 Å². The summed E-state index contributed by atoms with van der Waals surface area (Å²) in [6.45, 7) is 5.38. The number of nitrogens with one attached hydrogen (secondary N) is 1. The number of ether oxygens (including phenoxy) is 2. The fraction of sp³-hybridized carbons (Fsp3) is 0.500. The SMILES string of the molecule is COC(=O)c1csc(C(N=[N+]=[N-])C(O)c2csc(CNC(=O)OC(C)(C)C)n2)n1. The summed E-state index contributed by atoms with van der Waals surface area (Å²) < 4.78 is 9.75. The molecule has 0 spiro atoms. The van der Waals surface area contributed by atoms with E-state index in [1.165, 1.54) is 23.8 Å². The Balaban J connectivity index is 2.10. The molecule has 13 heteroatoms. The highest BCUT2D eigenvalue weighted by Crippen LogP contribution is 2.34. The number of alkyl carbamates (subject to hydrolysis) is 1. The molecule has 0 radical (unpaired) electrons. The van der Waals surface area contributed by atoms with Crippen molar-refractivity contribution in [2.75, 3.05) is 7.11 Å². The van der Waals surface area contributed by atoms with Crippen LogP contribution in [0.5, 0.6) is 0 Å². The Morgan fingerprint density at radius 2 is 2.07 bits per heavy atom. The number of esters is 1. The van der Waals surface area contributed by atoms with Crippen LogP contribution in [0.4, 0.5) is 4.79 Å². The van der Waals surface area contributed by atoms with Gasteiger partial charge >= 0.3 is 12.1 Å². The molecule has 2 aromatic rings. The van der Waals surface area contributed by atoms with E-state index in [-0.39, 0.29) is 22.9 Å². The van der Waals surface area contributed by atoms with E-state index < -0.39 is 29.8 Å². The van der Waals surface area contributed by atoms with Crippen LogP contribution in [-0.4, -0.2) is 39.8 Å². The first kappa shape index (κ1) is 22.6. The van der Waals surface area contributed by atoms with Gasteiger partial charge in [-0.15, -0.1) is 22.7 Å². The molecule has 2 heterocycles. The number of nitrogens with zero attached hydrogens (tertiary/aromatic N) is 5. The van der Waals surface area contributed by atoms with Crippen LogP contribution >= 0.6 is 22.7 Å². The molecular weight excluding hydrogens is 420 g/mol. The van der Waals surface area contributed by atoms with Crippen molar-refractivity contribution in [1.82, 2.24) is 15.3 Å². The van der Waals surface area contributed by atoms with Gasteiger partial charge in [-0.3, -0.25) is 0 Å². The standard InChI is InChI=1S/C16H20N6O5S2/c1-16(2,3)27-15(25)18-5-10-19-8(6-28-10)12(23)11(21-22-17)13-20-9(7-29-13)14(24)26-4/h6-7,11-12,23H,5H2,1-4H3,(H,18,25). The molecule has 2 unspecified atom stereocenters. The van der Waals surface area contributed by atoms with Gasteiger partial charge < -0.3 is 19.9 Å². The first-order valence-corrected chi connectivity index (χ1v) is 10.1. The Hall–Kier alpha value is -2.73. The largest absolute Gasteiger partial charge is 0.464 e. The van der Waals surface area contributed by atoms with Gasteiger partial charge in [-0.1, -0.05) is 5.11 Å². The number of hydrogen-bond donors (Lipinski definition) is 2. The predicted octanol–water partition coefficient (Wildman–Crippen LogP) is 3.50. The molecule has 11 nitrogen and oxygen atoms in total. The molecule has 0 aliphatic carbocycles. The molecule has 2 rings (SSSR count). The van der Waals surface area contributed by atoms with Gasteiger partial charge in [0.15, 0.2) is 5.69 Å². The monoisotopic (exact) mass is 440 g/mol. The predicted molar refractivity (Wildman–Crippen MR) is 105 cm³/mol. The van der Waals surface area contributed by atoms with Crippen LogP contribution in [0.25, 0.3) is 10.4 Å². The molecule has 0 aliphatic rings. The third kappa shape index (κ3) is 6.39. The van der Waals surface area contributed by atoms with Gasteiger partial charge in [0.25, 0.3) is 0 Å². The quantitative estimate of drug-likeness (QED) is 0.288. The van der Waals surface area contributed by atoms with Crippen LogP contribution in [0.2, 0.25) is 0 Å². The molecule has 156 valence electrons. The summed E-state index contributed by atoms with van der Waals surface area (Å²) in [4.78, 5) is 34.4. The van der Waals surface area contributed by atoms with Gasteiger partial charge in [0.2, 0.25) is 0 Å². The number of aliphatic hydroxyl groups excluding tert-OH is 1.